The van der Waals surface area contributed by atoms with Gasteiger partial charge in [-0.3, -0.25) is 0 Å². The van der Waals surface area contributed by atoms with E-state index in [1.54, 1.807) is 6.92 Å². The molecule has 2 N–H and O–H groups in total. The Morgan fingerprint density at radius 1 is 1.19 bits per heavy atom. The minimum atomic E-state index is -0.520. The second-order valence-electron chi connectivity index (χ2n) is 4.17. The highest BCUT2D eigenvalue weighted by molar-refractivity contribution is 5.94. The van der Waals surface area contributed by atoms with Crippen LogP contribution in [0.5, 0.6) is 5.75 Å². The Bertz CT molecular complexity index is 627. The van der Waals surface area contributed by atoms with E-state index in [0.29, 0.717) is 12.4 Å². The molecule has 0 aliphatic heterocycles. The molecule has 0 unspecified atom stereocenters. The number of hydrogen-bond acceptors (Lipinski definition) is 6. The van der Waals surface area contributed by atoms with E-state index < -0.39 is 5.97 Å². The van der Waals surface area contributed by atoms with Gasteiger partial charge in [0.05, 0.1) is 13.2 Å². The molecule has 0 fully saturated rings. The van der Waals surface area contributed by atoms with Gasteiger partial charge in [0, 0.05) is 11.8 Å². The van der Waals surface area contributed by atoms with Crippen LogP contribution >= 0.6 is 0 Å². The lowest BCUT2D eigenvalue weighted by atomic mass is 10.2. The van der Waals surface area contributed by atoms with E-state index in [1.807, 2.05) is 31.2 Å². The number of esters is 1. The molecule has 2 rings (SSSR count). The molecule has 21 heavy (non-hydrogen) atoms. The average Bonchev–Trinajstić information content (AvgIpc) is 2.48. The fourth-order valence-electron chi connectivity index (χ4n) is 1.77. The number of ether oxygens (including phenoxy) is 2. The van der Waals surface area contributed by atoms with Crippen LogP contribution in [-0.2, 0) is 4.74 Å². The van der Waals surface area contributed by atoms with E-state index in [1.165, 1.54) is 6.20 Å². The Balaban J connectivity index is 2.25. The zero-order valence-corrected chi connectivity index (χ0v) is 12.0. The summed E-state index contributed by atoms with van der Waals surface area (Å²) in [6.45, 7) is 4.53. The number of carbonyl (C=O) groups is 1. The van der Waals surface area contributed by atoms with E-state index in [4.69, 9.17) is 15.2 Å². The molecule has 0 atom stereocenters. The van der Waals surface area contributed by atoms with Crippen molar-refractivity contribution < 1.29 is 14.3 Å². The summed E-state index contributed by atoms with van der Waals surface area (Å²) >= 11 is 0. The van der Waals surface area contributed by atoms with Crippen LogP contribution in [-0.4, -0.2) is 29.2 Å². The van der Waals surface area contributed by atoms with E-state index in [9.17, 15) is 4.79 Å². The van der Waals surface area contributed by atoms with Gasteiger partial charge in [-0.15, -0.1) is 0 Å². The summed E-state index contributed by atoms with van der Waals surface area (Å²) in [4.78, 5) is 19.9. The van der Waals surface area contributed by atoms with E-state index in [-0.39, 0.29) is 18.0 Å². The fourth-order valence-corrected chi connectivity index (χ4v) is 1.77. The second-order valence-corrected chi connectivity index (χ2v) is 4.17. The van der Waals surface area contributed by atoms with Gasteiger partial charge in [0.2, 0.25) is 0 Å². The highest BCUT2D eigenvalue weighted by atomic mass is 16.5. The van der Waals surface area contributed by atoms with Crippen molar-refractivity contribution in [3.63, 3.8) is 0 Å². The van der Waals surface area contributed by atoms with Crippen molar-refractivity contribution >= 4 is 11.8 Å². The summed E-state index contributed by atoms with van der Waals surface area (Å²) in [5, 5.41) is 0. The molecule has 0 spiro atoms. The van der Waals surface area contributed by atoms with Crippen LogP contribution in [0, 0.1) is 0 Å². The number of nitrogens with two attached hydrogens (primary N) is 1. The van der Waals surface area contributed by atoms with Gasteiger partial charge >= 0.3 is 5.97 Å². The normalized spacial score (nSPS) is 10.2. The van der Waals surface area contributed by atoms with Crippen LogP contribution in [0.15, 0.2) is 30.5 Å². The summed E-state index contributed by atoms with van der Waals surface area (Å²) in [6, 6.07) is 7.34. The number of nitrogens with zero attached hydrogens (tertiary/aromatic N) is 2. The Labute approximate surface area is 122 Å². The smallest absolute Gasteiger partial charge is 0.343 e. The first-order chi connectivity index (χ1) is 10.2. The molecule has 0 saturated carbocycles. The van der Waals surface area contributed by atoms with Crippen molar-refractivity contribution in [1.29, 1.82) is 0 Å². The van der Waals surface area contributed by atoms with Gasteiger partial charge in [-0.25, -0.2) is 14.8 Å². The van der Waals surface area contributed by atoms with Gasteiger partial charge in [0.15, 0.2) is 5.82 Å². The van der Waals surface area contributed by atoms with Crippen molar-refractivity contribution in [2.24, 2.45) is 0 Å². The zero-order chi connectivity index (χ0) is 15.2. The molecule has 0 amide bonds. The van der Waals surface area contributed by atoms with Gasteiger partial charge < -0.3 is 15.2 Å². The number of hydrogen-bond donors (Lipinski definition) is 1. The summed E-state index contributed by atoms with van der Waals surface area (Å²) in [6.07, 6.45) is 1.38. The number of anilines is 1. The maximum atomic E-state index is 11.6. The lowest BCUT2D eigenvalue weighted by molar-refractivity contribution is 0.0527. The molecule has 1 heterocycles. The van der Waals surface area contributed by atoms with Crippen LogP contribution in [0.3, 0.4) is 0 Å². The number of benzene rings is 1. The SMILES string of the molecule is CCOC(=O)c1cnc(-c2ccc(OCC)cc2)nc1N. The minimum absolute atomic E-state index is 0.104. The third-order valence-corrected chi connectivity index (χ3v) is 2.74. The largest absolute Gasteiger partial charge is 0.494 e. The molecule has 6 nitrogen and oxygen atoms in total. The van der Waals surface area contributed by atoms with Crippen molar-refractivity contribution in [2.75, 3.05) is 18.9 Å². The summed E-state index contributed by atoms with van der Waals surface area (Å²) in [5.74, 6) is 0.807. The van der Waals surface area contributed by atoms with Gasteiger partial charge in [-0.05, 0) is 38.1 Å². The Kier molecular flexibility index (Phi) is 4.71. The molecule has 0 saturated heterocycles. The number of carbonyl (C=O) groups excluding carboxylic acids is 1. The third kappa shape index (κ3) is 3.47. The lowest BCUT2D eigenvalue weighted by Gasteiger charge is -2.07. The van der Waals surface area contributed by atoms with Crippen LogP contribution in [0.25, 0.3) is 11.4 Å². The third-order valence-electron chi connectivity index (χ3n) is 2.74. The van der Waals surface area contributed by atoms with Crippen molar-refractivity contribution in [3.05, 3.63) is 36.0 Å². The predicted molar refractivity (Wildman–Crippen MR) is 79.0 cm³/mol. The quantitative estimate of drug-likeness (QED) is 0.849. The van der Waals surface area contributed by atoms with E-state index >= 15 is 0 Å². The first-order valence-electron chi connectivity index (χ1n) is 6.68. The molecule has 0 bridgehead atoms. The molecule has 1 aromatic heterocycles. The molecule has 2 aromatic rings. The topological polar surface area (TPSA) is 87.3 Å². The van der Waals surface area contributed by atoms with Gasteiger partial charge in [0.25, 0.3) is 0 Å². The van der Waals surface area contributed by atoms with Crippen molar-refractivity contribution in [1.82, 2.24) is 9.97 Å². The van der Waals surface area contributed by atoms with Crippen molar-refractivity contribution in [2.45, 2.75) is 13.8 Å². The number of rotatable bonds is 5. The molecule has 0 aliphatic carbocycles. The maximum Gasteiger partial charge on any atom is 0.343 e. The van der Waals surface area contributed by atoms with Gasteiger partial charge in [0.1, 0.15) is 17.1 Å². The van der Waals surface area contributed by atoms with Crippen LogP contribution in [0.1, 0.15) is 24.2 Å². The lowest BCUT2D eigenvalue weighted by Crippen LogP contribution is -2.10. The first-order valence-corrected chi connectivity index (χ1v) is 6.68. The Morgan fingerprint density at radius 3 is 2.48 bits per heavy atom. The second kappa shape index (κ2) is 6.69. The molecular formula is C15H17N3O3. The Morgan fingerprint density at radius 2 is 1.90 bits per heavy atom. The monoisotopic (exact) mass is 287 g/mol. The predicted octanol–water partition coefficient (Wildman–Crippen LogP) is 2.30. The molecule has 0 radical (unpaired) electrons. The molecule has 110 valence electrons. The number of nitrogen functional groups attached to an aromatic ring is 1. The van der Waals surface area contributed by atoms with Crippen LogP contribution < -0.4 is 10.5 Å². The minimum Gasteiger partial charge on any atom is -0.494 e. The zero-order valence-electron chi connectivity index (χ0n) is 12.0. The molecule has 1 aromatic carbocycles. The van der Waals surface area contributed by atoms with E-state index in [0.717, 1.165) is 11.3 Å². The van der Waals surface area contributed by atoms with Crippen molar-refractivity contribution in [3.8, 4) is 17.1 Å². The highest BCUT2D eigenvalue weighted by Crippen LogP contribution is 2.21. The number of aromatic nitrogens is 2. The van der Waals surface area contributed by atoms with Crippen LogP contribution in [0.4, 0.5) is 5.82 Å². The maximum absolute atomic E-state index is 11.6. The van der Waals surface area contributed by atoms with E-state index in [2.05, 4.69) is 9.97 Å². The summed E-state index contributed by atoms with van der Waals surface area (Å²) in [5.41, 5.74) is 6.76. The van der Waals surface area contributed by atoms with Crippen LogP contribution in [0.2, 0.25) is 0 Å². The molecule has 0 aliphatic rings. The van der Waals surface area contributed by atoms with Gasteiger partial charge in [-0.1, -0.05) is 0 Å². The molecular weight excluding hydrogens is 270 g/mol. The Hall–Kier alpha value is -2.63. The average molecular weight is 287 g/mol. The molecule has 6 heteroatoms. The summed E-state index contributed by atoms with van der Waals surface area (Å²) in [7, 11) is 0. The van der Waals surface area contributed by atoms with Gasteiger partial charge in [-0.2, -0.15) is 0 Å². The summed E-state index contributed by atoms with van der Waals surface area (Å²) < 4.78 is 10.3. The highest BCUT2D eigenvalue weighted by Gasteiger charge is 2.14. The first kappa shape index (κ1) is 14.8. The standard InChI is InChI=1S/C15H17N3O3/c1-3-20-11-7-5-10(6-8-11)14-17-9-12(13(16)18-14)15(19)21-4-2/h5-9H,3-4H2,1-2H3,(H2,16,17,18). The fraction of sp³-hybridized carbons (Fsp3) is 0.267.